The second-order valence-corrected chi connectivity index (χ2v) is 5.66. The van der Waals surface area contributed by atoms with Crippen molar-refractivity contribution in [2.24, 2.45) is 5.84 Å². The molecule has 2 atom stereocenters. The Morgan fingerprint density at radius 3 is 2.45 bits per heavy atom. The Morgan fingerprint density at radius 2 is 1.80 bits per heavy atom. The summed E-state index contributed by atoms with van der Waals surface area (Å²) in [6, 6.07) is 17.9. The van der Waals surface area contributed by atoms with Crippen LogP contribution in [0.5, 0.6) is 0 Å². The predicted octanol–water partition coefficient (Wildman–Crippen LogP) is 2.96. The quantitative estimate of drug-likeness (QED) is 0.645. The molecule has 0 bridgehead atoms. The molecule has 2 aromatic carbocycles. The Bertz CT molecular complexity index is 574. The van der Waals surface area contributed by atoms with Crippen molar-refractivity contribution >= 4 is 0 Å². The third kappa shape index (κ3) is 2.49. The molecule has 0 saturated carbocycles. The summed E-state index contributed by atoms with van der Waals surface area (Å²) in [5, 5.41) is 0. The maximum atomic E-state index is 5.79. The van der Waals surface area contributed by atoms with Gasteiger partial charge in [0.15, 0.2) is 0 Å². The van der Waals surface area contributed by atoms with Crippen LogP contribution in [0.15, 0.2) is 48.5 Å². The van der Waals surface area contributed by atoms with Gasteiger partial charge in [0.25, 0.3) is 0 Å². The van der Waals surface area contributed by atoms with Crippen molar-refractivity contribution in [3.05, 3.63) is 70.8 Å². The minimum atomic E-state index is 0.317. The Kier molecular flexibility index (Phi) is 3.86. The van der Waals surface area contributed by atoms with Crippen LogP contribution in [0.4, 0.5) is 0 Å². The molecule has 0 amide bonds. The van der Waals surface area contributed by atoms with Gasteiger partial charge in [-0.05, 0) is 41.5 Å². The van der Waals surface area contributed by atoms with Crippen molar-refractivity contribution in [1.82, 2.24) is 5.43 Å². The zero-order chi connectivity index (χ0) is 13.9. The topological polar surface area (TPSA) is 38.0 Å². The van der Waals surface area contributed by atoms with Crippen LogP contribution in [0.3, 0.4) is 0 Å². The summed E-state index contributed by atoms with van der Waals surface area (Å²) >= 11 is 0. The van der Waals surface area contributed by atoms with Crippen LogP contribution in [-0.4, -0.2) is 6.04 Å². The van der Waals surface area contributed by atoms with E-state index in [9.17, 15) is 0 Å². The third-order valence-corrected chi connectivity index (χ3v) is 4.48. The largest absolute Gasteiger partial charge is 0.271 e. The van der Waals surface area contributed by atoms with Gasteiger partial charge in [0, 0.05) is 12.0 Å². The Labute approximate surface area is 121 Å². The number of hydrazine groups is 1. The van der Waals surface area contributed by atoms with Crippen molar-refractivity contribution in [1.29, 1.82) is 0 Å². The van der Waals surface area contributed by atoms with E-state index >= 15 is 0 Å². The highest BCUT2D eigenvalue weighted by molar-refractivity contribution is 5.41. The SMILES string of the molecule is CCc1ccc(CC(NN)C2Cc3ccccc32)cc1. The van der Waals surface area contributed by atoms with E-state index in [0.717, 1.165) is 19.3 Å². The Balaban J connectivity index is 1.72. The maximum absolute atomic E-state index is 5.79. The molecule has 0 aliphatic heterocycles. The lowest BCUT2D eigenvalue weighted by Crippen LogP contribution is -2.45. The van der Waals surface area contributed by atoms with E-state index < -0.39 is 0 Å². The summed E-state index contributed by atoms with van der Waals surface area (Å²) < 4.78 is 0. The highest BCUT2D eigenvalue weighted by Crippen LogP contribution is 2.38. The molecule has 0 spiro atoms. The van der Waals surface area contributed by atoms with Crippen LogP contribution in [0.2, 0.25) is 0 Å². The van der Waals surface area contributed by atoms with Gasteiger partial charge in [-0.15, -0.1) is 0 Å². The zero-order valence-corrected chi connectivity index (χ0v) is 12.0. The third-order valence-electron chi connectivity index (χ3n) is 4.48. The number of benzene rings is 2. The van der Waals surface area contributed by atoms with Gasteiger partial charge in [0.05, 0.1) is 0 Å². The molecule has 2 heteroatoms. The smallest absolute Gasteiger partial charge is 0.0322 e. The molecule has 104 valence electrons. The van der Waals surface area contributed by atoms with Crippen LogP contribution in [0.25, 0.3) is 0 Å². The molecule has 2 nitrogen and oxygen atoms in total. The molecule has 0 fully saturated rings. The first kappa shape index (κ1) is 13.3. The summed E-state index contributed by atoms with van der Waals surface area (Å²) in [7, 11) is 0. The summed E-state index contributed by atoms with van der Waals surface area (Å²) in [5.41, 5.74) is 8.70. The predicted molar refractivity (Wildman–Crippen MR) is 83.5 cm³/mol. The highest BCUT2D eigenvalue weighted by atomic mass is 15.2. The summed E-state index contributed by atoms with van der Waals surface area (Å²) in [6.07, 6.45) is 3.21. The molecular formula is C18H22N2. The molecule has 2 aromatic rings. The molecule has 20 heavy (non-hydrogen) atoms. The first-order chi connectivity index (χ1) is 9.81. The molecule has 1 aliphatic rings. The number of nitrogens with one attached hydrogen (secondary N) is 1. The Hall–Kier alpha value is -1.64. The molecule has 2 unspecified atom stereocenters. The van der Waals surface area contributed by atoms with Crippen molar-refractivity contribution < 1.29 is 0 Å². The minimum absolute atomic E-state index is 0.317. The van der Waals surface area contributed by atoms with E-state index in [-0.39, 0.29) is 0 Å². The van der Waals surface area contributed by atoms with E-state index in [0.29, 0.717) is 12.0 Å². The molecule has 0 saturated heterocycles. The number of nitrogens with two attached hydrogens (primary N) is 1. The van der Waals surface area contributed by atoms with Gasteiger partial charge in [-0.1, -0.05) is 55.5 Å². The number of aryl methyl sites for hydroxylation is 1. The average Bonchev–Trinajstić information content (AvgIpc) is 2.48. The lowest BCUT2D eigenvalue weighted by molar-refractivity contribution is 0.404. The molecular weight excluding hydrogens is 244 g/mol. The molecule has 1 aliphatic carbocycles. The van der Waals surface area contributed by atoms with Crippen molar-refractivity contribution in [3.8, 4) is 0 Å². The van der Waals surface area contributed by atoms with Gasteiger partial charge in [0.1, 0.15) is 0 Å². The second-order valence-electron chi connectivity index (χ2n) is 5.66. The van der Waals surface area contributed by atoms with Crippen LogP contribution < -0.4 is 11.3 Å². The lowest BCUT2D eigenvalue weighted by atomic mass is 9.72. The Morgan fingerprint density at radius 1 is 1.10 bits per heavy atom. The first-order valence-electron chi connectivity index (χ1n) is 7.43. The molecule has 3 rings (SSSR count). The number of fused-ring (bicyclic) bond motifs is 1. The van der Waals surface area contributed by atoms with E-state index in [1.807, 2.05) is 0 Å². The van der Waals surface area contributed by atoms with Crippen molar-refractivity contribution in [2.75, 3.05) is 0 Å². The fraction of sp³-hybridized carbons (Fsp3) is 0.333. The van der Waals surface area contributed by atoms with Gasteiger partial charge >= 0.3 is 0 Å². The standard InChI is InChI=1S/C18H22N2/c1-2-13-7-9-14(10-8-13)11-18(20-19)17-12-15-5-3-4-6-16(15)17/h3-10,17-18,20H,2,11-12,19H2,1H3. The summed E-state index contributed by atoms with van der Waals surface area (Å²) in [5.74, 6) is 6.34. The van der Waals surface area contributed by atoms with Crippen LogP contribution in [0.1, 0.15) is 35.1 Å². The van der Waals surface area contributed by atoms with E-state index in [4.69, 9.17) is 5.84 Å². The lowest BCUT2D eigenvalue weighted by Gasteiger charge is -2.36. The van der Waals surface area contributed by atoms with E-state index in [2.05, 4.69) is 60.9 Å². The first-order valence-corrected chi connectivity index (χ1v) is 7.43. The number of hydrogen-bond donors (Lipinski definition) is 2. The van der Waals surface area contributed by atoms with Gasteiger partial charge in [0.2, 0.25) is 0 Å². The zero-order valence-electron chi connectivity index (χ0n) is 12.0. The average molecular weight is 266 g/mol. The van der Waals surface area contributed by atoms with E-state index in [1.165, 1.54) is 22.3 Å². The monoisotopic (exact) mass is 266 g/mol. The molecule has 0 heterocycles. The fourth-order valence-corrected chi connectivity index (χ4v) is 3.14. The summed E-state index contributed by atoms with van der Waals surface area (Å²) in [6.45, 7) is 2.19. The summed E-state index contributed by atoms with van der Waals surface area (Å²) in [4.78, 5) is 0. The highest BCUT2D eigenvalue weighted by Gasteiger charge is 2.32. The van der Waals surface area contributed by atoms with Gasteiger partial charge < -0.3 is 0 Å². The normalized spacial score (nSPS) is 18.2. The van der Waals surface area contributed by atoms with Crippen LogP contribution >= 0.6 is 0 Å². The second kappa shape index (κ2) is 5.78. The maximum Gasteiger partial charge on any atom is 0.0322 e. The molecule has 0 aromatic heterocycles. The van der Waals surface area contributed by atoms with Gasteiger partial charge in [-0.25, -0.2) is 0 Å². The molecule has 0 radical (unpaired) electrons. The number of rotatable bonds is 5. The van der Waals surface area contributed by atoms with Crippen LogP contribution in [0, 0.1) is 0 Å². The van der Waals surface area contributed by atoms with Crippen molar-refractivity contribution in [3.63, 3.8) is 0 Å². The minimum Gasteiger partial charge on any atom is -0.271 e. The number of hydrogen-bond acceptors (Lipinski definition) is 2. The van der Waals surface area contributed by atoms with Gasteiger partial charge in [-0.3, -0.25) is 11.3 Å². The fourth-order valence-electron chi connectivity index (χ4n) is 3.14. The van der Waals surface area contributed by atoms with Crippen molar-refractivity contribution in [2.45, 2.75) is 38.1 Å². The van der Waals surface area contributed by atoms with E-state index in [1.54, 1.807) is 0 Å². The van der Waals surface area contributed by atoms with Gasteiger partial charge in [-0.2, -0.15) is 0 Å². The van der Waals surface area contributed by atoms with Crippen LogP contribution in [-0.2, 0) is 19.3 Å². The molecule has 3 N–H and O–H groups in total.